The van der Waals surface area contributed by atoms with E-state index in [0.717, 1.165) is 4.90 Å². The van der Waals surface area contributed by atoms with Gasteiger partial charge in [0, 0.05) is 24.3 Å². The summed E-state index contributed by atoms with van der Waals surface area (Å²) in [5.74, 6) is -1.23. The number of benzene rings is 3. The number of halogens is 1. The Morgan fingerprint density at radius 2 is 1.63 bits per heavy atom. The van der Waals surface area contributed by atoms with E-state index in [1.165, 1.54) is 12.1 Å². The summed E-state index contributed by atoms with van der Waals surface area (Å²) in [5, 5.41) is 2.92. The third-order valence-electron chi connectivity index (χ3n) is 6.13. The van der Waals surface area contributed by atoms with Gasteiger partial charge >= 0.3 is 0 Å². The van der Waals surface area contributed by atoms with Crippen LogP contribution in [0.15, 0.2) is 66.7 Å². The fourth-order valence-corrected chi connectivity index (χ4v) is 4.58. The fourth-order valence-electron chi connectivity index (χ4n) is 4.31. The molecule has 0 bridgehead atoms. The van der Waals surface area contributed by atoms with Crippen LogP contribution in [0.3, 0.4) is 0 Å². The number of fused-ring (bicyclic) bond motifs is 1. The maximum Gasteiger partial charge on any atom is 0.266 e. The van der Waals surface area contributed by atoms with E-state index < -0.39 is 17.7 Å². The van der Waals surface area contributed by atoms with E-state index in [1.54, 1.807) is 66.6 Å². The van der Waals surface area contributed by atoms with Crippen molar-refractivity contribution in [1.29, 1.82) is 0 Å². The van der Waals surface area contributed by atoms with Gasteiger partial charge in [-0.25, -0.2) is 4.90 Å². The predicted molar refractivity (Wildman–Crippen MR) is 131 cm³/mol. The van der Waals surface area contributed by atoms with E-state index in [0.29, 0.717) is 28.3 Å². The summed E-state index contributed by atoms with van der Waals surface area (Å²) >= 11 is 6.41. The first-order valence-electron chi connectivity index (χ1n) is 10.9. The summed E-state index contributed by atoms with van der Waals surface area (Å²) in [6.45, 7) is 0.248. The van der Waals surface area contributed by atoms with Crippen molar-refractivity contribution in [3.8, 4) is 5.75 Å². The lowest BCUT2D eigenvalue weighted by molar-refractivity contribution is -0.122. The second-order valence-corrected chi connectivity index (χ2v) is 8.66. The Bertz CT molecular complexity index is 1340. The van der Waals surface area contributed by atoms with Gasteiger partial charge in [-0.1, -0.05) is 23.7 Å². The molecule has 1 unspecified atom stereocenters. The maximum atomic E-state index is 12.9. The van der Waals surface area contributed by atoms with Gasteiger partial charge in [0.1, 0.15) is 5.75 Å². The summed E-state index contributed by atoms with van der Waals surface area (Å²) in [4.78, 5) is 53.5. The molecule has 3 aromatic rings. The largest absolute Gasteiger partial charge is 0.497 e. The van der Waals surface area contributed by atoms with Crippen LogP contribution in [-0.2, 0) is 9.59 Å². The highest BCUT2D eigenvalue weighted by Crippen LogP contribution is 2.35. The Balaban J connectivity index is 1.29. The standard InChI is InChI=1S/C26H20ClN3O5/c1-35-18-9-7-17(8-10-18)29-14-15(12-23(29)31)24(32)28-16-6-11-22(21(27)13-16)30-25(33)19-4-2-3-5-20(19)26(30)34/h2-11,13,15H,12,14H2,1H3,(H,28,32). The van der Waals surface area contributed by atoms with Gasteiger partial charge in [-0.2, -0.15) is 0 Å². The van der Waals surface area contributed by atoms with E-state index in [1.807, 2.05) is 0 Å². The molecule has 0 aromatic heterocycles. The number of carbonyl (C=O) groups excluding carboxylic acids is 4. The number of imide groups is 1. The fraction of sp³-hybridized carbons (Fsp3) is 0.154. The molecule has 35 heavy (non-hydrogen) atoms. The molecule has 1 N–H and O–H groups in total. The van der Waals surface area contributed by atoms with E-state index in [2.05, 4.69) is 5.32 Å². The molecule has 3 aromatic carbocycles. The lowest BCUT2D eigenvalue weighted by Gasteiger charge is -2.18. The molecular formula is C26H20ClN3O5. The summed E-state index contributed by atoms with van der Waals surface area (Å²) in [6.07, 6.45) is 0.0821. The average molecular weight is 490 g/mol. The molecule has 2 aliphatic rings. The second kappa shape index (κ2) is 8.88. The van der Waals surface area contributed by atoms with Crippen LogP contribution in [0.2, 0.25) is 5.02 Å². The molecule has 0 radical (unpaired) electrons. The number of hydrogen-bond donors (Lipinski definition) is 1. The third kappa shape index (κ3) is 4.02. The molecular weight excluding hydrogens is 470 g/mol. The molecule has 0 aliphatic carbocycles. The van der Waals surface area contributed by atoms with Crippen LogP contribution < -0.4 is 19.9 Å². The monoisotopic (exact) mass is 489 g/mol. The minimum absolute atomic E-state index is 0.0821. The summed E-state index contributed by atoms with van der Waals surface area (Å²) in [6, 6.07) is 18.2. The Kier molecular flexibility index (Phi) is 5.74. The highest BCUT2D eigenvalue weighted by molar-refractivity contribution is 6.40. The molecule has 4 amide bonds. The minimum Gasteiger partial charge on any atom is -0.497 e. The Labute approximate surface area is 206 Å². The maximum absolute atomic E-state index is 12.9. The molecule has 1 fully saturated rings. The number of carbonyl (C=O) groups is 4. The van der Waals surface area contributed by atoms with Gasteiger partial charge in [0.25, 0.3) is 11.8 Å². The quantitative estimate of drug-likeness (QED) is 0.543. The number of nitrogens with zero attached hydrogens (tertiary/aromatic N) is 2. The van der Waals surface area contributed by atoms with E-state index in [9.17, 15) is 19.2 Å². The van der Waals surface area contributed by atoms with E-state index in [-0.39, 0.29) is 35.5 Å². The number of methoxy groups -OCH3 is 1. The second-order valence-electron chi connectivity index (χ2n) is 8.25. The lowest BCUT2D eigenvalue weighted by Crippen LogP contribution is -2.30. The number of amides is 4. The van der Waals surface area contributed by atoms with Crippen molar-refractivity contribution >= 4 is 52.3 Å². The van der Waals surface area contributed by atoms with Gasteiger partial charge in [-0.3, -0.25) is 19.2 Å². The smallest absolute Gasteiger partial charge is 0.266 e. The summed E-state index contributed by atoms with van der Waals surface area (Å²) in [7, 11) is 1.56. The van der Waals surface area contributed by atoms with Crippen LogP contribution in [0.4, 0.5) is 17.1 Å². The zero-order valence-corrected chi connectivity index (χ0v) is 19.4. The van der Waals surface area contributed by atoms with Gasteiger partial charge in [0.15, 0.2) is 0 Å². The predicted octanol–water partition coefficient (Wildman–Crippen LogP) is 4.14. The first kappa shape index (κ1) is 22.6. The van der Waals surface area contributed by atoms with Crippen LogP contribution in [0.5, 0.6) is 5.75 Å². The molecule has 2 aliphatic heterocycles. The molecule has 0 spiro atoms. The van der Waals surface area contributed by atoms with Crippen molar-refractivity contribution in [2.45, 2.75) is 6.42 Å². The molecule has 176 valence electrons. The van der Waals surface area contributed by atoms with Crippen molar-refractivity contribution in [1.82, 2.24) is 0 Å². The molecule has 1 saturated heterocycles. The SMILES string of the molecule is COc1ccc(N2CC(C(=O)Nc3ccc(N4C(=O)c5ccccc5C4=O)c(Cl)c3)CC2=O)cc1. The average Bonchev–Trinajstić information content (AvgIpc) is 3.37. The summed E-state index contributed by atoms with van der Waals surface area (Å²) in [5.41, 5.74) is 1.96. The normalized spacial score (nSPS) is 17.1. The van der Waals surface area contributed by atoms with E-state index >= 15 is 0 Å². The van der Waals surface area contributed by atoms with Crippen molar-refractivity contribution in [2.75, 3.05) is 28.8 Å². The highest BCUT2D eigenvalue weighted by atomic mass is 35.5. The highest BCUT2D eigenvalue weighted by Gasteiger charge is 2.38. The Morgan fingerprint density at radius 3 is 2.23 bits per heavy atom. The summed E-state index contributed by atoms with van der Waals surface area (Å²) < 4.78 is 5.14. The van der Waals surface area contributed by atoms with Crippen molar-refractivity contribution < 1.29 is 23.9 Å². The molecule has 8 nitrogen and oxygen atoms in total. The number of anilines is 3. The Hall–Kier alpha value is -4.17. The van der Waals surface area contributed by atoms with Crippen LogP contribution in [0.25, 0.3) is 0 Å². The lowest BCUT2D eigenvalue weighted by atomic mass is 10.1. The molecule has 2 heterocycles. The zero-order chi connectivity index (χ0) is 24.7. The van der Waals surface area contributed by atoms with Crippen LogP contribution in [0, 0.1) is 5.92 Å². The third-order valence-corrected chi connectivity index (χ3v) is 6.43. The van der Waals surface area contributed by atoms with Gasteiger partial charge in [0.2, 0.25) is 11.8 Å². The van der Waals surface area contributed by atoms with Gasteiger partial charge in [0.05, 0.1) is 34.9 Å². The van der Waals surface area contributed by atoms with Gasteiger partial charge < -0.3 is 15.0 Å². The first-order valence-corrected chi connectivity index (χ1v) is 11.3. The van der Waals surface area contributed by atoms with Crippen LogP contribution in [-0.4, -0.2) is 37.3 Å². The van der Waals surface area contributed by atoms with Crippen molar-refractivity contribution in [2.24, 2.45) is 5.92 Å². The van der Waals surface area contributed by atoms with Crippen LogP contribution in [0.1, 0.15) is 27.1 Å². The molecule has 9 heteroatoms. The minimum atomic E-state index is -0.542. The topological polar surface area (TPSA) is 96.0 Å². The number of rotatable bonds is 5. The molecule has 0 saturated carbocycles. The molecule has 5 rings (SSSR count). The number of ether oxygens (including phenoxy) is 1. The van der Waals surface area contributed by atoms with Crippen molar-refractivity contribution in [3.05, 3.63) is 82.9 Å². The number of nitrogens with one attached hydrogen (secondary N) is 1. The number of hydrogen-bond acceptors (Lipinski definition) is 5. The molecule has 1 atom stereocenters. The van der Waals surface area contributed by atoms with Gasteiger partial charge in [-0.15, -0.1) is 0 Å². The Morgan fingerprint density at radius 1 is 0.971 bits per heavy atom. The zero-order valence-electron chi connectivity index (χ0n) is 18.7. The van der Waals surface area contributed by atoms with Crippen LogP contribution >= 0.6 is 11.6 Å². The first-order chi connectivity index (χ1) is 16.9. The van der Waals surface area contributed by atoms with Gasteiger partial charge in [-0.05, 0) is 54.6 Å². The van der Waals surface area contributed by atoms with Crippen molar-refractivity contribution in [3.63, 3.8) is 0 Å². The van der Waals surface area contributed by atoms with E-state index in [4.69, 9.17) is 16.3 Å².